The predicted molar refractivity (Wildman–Crippen MR) is 247 cm³/mol. The Morgan fingerprint density at radius 2 is 0.763 bits per heavy atom. The fourth-order valence-electron chi connectivity index (χ4n) is 10.1. The van der Waals surface area contributed by atoms with Crippen LogP contribution in [0.2, 0.25) is 0 Å². The summed E-state index contributed by atoms with van der Waals surface area (Å²) in [6, 6.07) is 80.2. The molecule has 10 aromatic rings. The van der Waals surface area contributed by atoms with Gasteiger partial charge in [-0.15, -0.1) is 0 Å². The maximum absolute atomic E-state index is 2.47. The van der Waals surface area contributed by atoms with Gasteiger partial charge in [0.15, 0.2) is 0 Å². The van der Waals surface area contributed by atoms with Gasteiger partial charge in [0.2, 0.25) is 0 Å². The van der Waals surface area contributed by atoms with E-state index in [2.05, 4.69) is 240 Å². The summed E-state index contributed by atoms with van der Waals surface area (Å²) in [6.45, 7) is 0. The van der Waals surface area contributed by atoms with Gasteiger partial charge in [-0.25, -0.2) is 0 Å². The maximum Gasteiger partial charge on any atom is 0.0726 e. The lowest BCUT2D eigenvalue weighted by Gasteiger charge is -2.32. The van der Waals surface area contributed by atoms with Crippen LogP contribution in [0.1, 0.15) is 33.4 Å². The summed E-state index contributed by atoms with van der Waals surface area (Å²) in [5, 5.41) is 2.52. The van der Waals surface area contributed by atoms with Gasteiger partial charge >= 0.3 is 0 Å². The van der Waals surface area contributed by atoms with Crippen molar-refractivity contribution in [2.24, 2.45) is 0 Å². The van der Waals surface area contributed by atoms with Gasteiger partial charge in [-0.3, -0.25) is 0 Å². The van der Waals surface area contributed by atoms with Crippen LogP contribution in [0.15, 0.2) is 218 Å². The molecule has 59 heavy (non-hydrogen) atoms. The molecule has 0 saturated heterocycles. The van der Waals surface area contributed by atoms with E-state index in [9.17, 15) is 0 Å². The number of anilines is 3. The van der Waals surface area contributed by atoms with Crippen LogP contribution in [0.25, 0.3) is 61.9 Å². The topological polar surface area (TPSA) is 8.17 Å². The lowest BCUT2D eigenvalue weighted by Crippen LogP contribution is -2.26. The minimum Gasteiger partial charge on any atom is -0.310 e. The van der Waals surface area contributed by atoms with Crippen molar-refractivity contribution in [3.05, 3.63) is 252 Å². The molecule has 0 unspecified atom stereocenters. The molecule has 2 aliphatic rings. The van der Waals surface area contributed by atoms with Crippen molar-refractivity contribution >= 4 is 51.0 Å². The second-order valence-electron chi connectivity index (χ2n) is 15.7. The second kappa shape index (κ2) is 13.2. The first-order valence-electron chi connectivity index (χ1n) is 20.4. The highest BCUT2D eigenvalue weighted by molar-refractivity contribution is 6.09. The number of hydrogen-bond acceptors (Lipinski definition) is 1. The van der Waals surface area contributed by atoms with Gasteiger partial charge in [-0.1, -0.05) is 170 Å². The highest BCUT2D eigenvalue weighted by atomic mass is 15.1. The van der Waals surface area contributed by atoms with Crippen molar-refractivity contribution in [3.8, 4) is 27.9 Å². The van der Waals surface area contributed by atoms with Crippen LogP contribution in [0.4, 0.5) is 17.1 Å². The van der Waals surface area contributed by atoms with Crippen molar-refractivity contribution in [2.75, 3.05) is 4.90 Å². The molecule has 276 valence electrons. The third kappa shape index (κ3) is 5.00. The summed E-state index contributed by atoms with van der Waals surface area (Å²) in [6.07, 6.45) is 4.37. The number of fused-ring (bicyclic) bond motifs is 13. The average Bonchev–Trinajstić information content (AvgIpc) is 3.91. The normalized spacial score (nSPS) is 13.2. The molecule has 1 aromatic heterocycles. The van der Waals surface area contributed by atoms with E-state index in [4.69, 9.17) is 0 Å². The Hall–Kier alpha value is -7.68. The zero-order valence-corrected chi connectivity index (χ0v) is 32.3. The molecule has 12 rings (SSSR count). The molecular weight excluding hydrogens is 713 g/mol. The lowest BCUT2D eigenvalue weighted by atomic mass is 9.70. The van der Waals surface area contributed by atoms with Crippen molar-refractivity contribution < 1.29 is 0 Å². The summed E-state index contributed by atoms with van der Waals surface area (Å²) < 4.78 is 2.39. The maximum atomic E-state index is 2.47. The molecular formula is C57H38N2. The van der Waals surface area contributed by atoms with E-state index in [1.165, 1.54) is 71.9 Å². The minimum atomic E-state index is -0.423. The van der Waals surface area contributed by atoms with Crippen LogP contribution in [0.3, 0.4) is 0 Å². The Labute approximate surface area is 344 Å². The highest BCUT2D eigenvalue weighted by Crippen LogP contribution is 2.63. The third-order valence-corrected chi connectivity index (χ3v) is 12.6. The zero-order valence-electron chi connectivity index (χ0n) is 32.3. The number of rotatable bonds is 6. The third-order valence-electron chi connectivity index (χ3n) is 12.6. The van der Waals surface area contributed by atoms with Crippen molar-refractivity contribution in [1.82, 2.24) is 4.57 Å². The van der Waals surface area contributed by atoms with E-state index in [0.717, 1.165) is 28.3 Å². The molecule has 2 nitrogen and oxygen atoms in total. The molecule has 0 saturated carbocycles. The Kier molecular flexibility index (Phi) is 7.48. The second-order valence-corrected chi connectivity index (χ2v) is 15.7. The van der Waals surface area contributed by atoms with Gasteiger partial charge in [0.25, 0.3) is 0 Å². The van der Waals surface area contributed by atoms with E-state index in [-0.39, 0.29) is 0 Å². The molecule has 2 aliphatic carbocycles. The van der Waals surface area contributed by atoms with Crippen LogP contribution in [0.5, 0.6) is 0 Å². The van der Waals surface area contributed by atoms with Gasteiger partial charge < -0.3 is 9.47 Å². The summed E-state index contributed by atoms with van der Waals surface area (Å²) in [4.78, 5) is 2.42. The summed E-state index contributed by atoms with van der Waals surface area (Å²) >= 11 is 0. The van der Waals surface area contributed by atoms with Crippen LogP contribution >= 0.6 is 0 Å². The monoisotopic (exact) mass is 750 g/mol. The van der Waals surface area contributed by atoms with Gasteiger partial charge in [0.05, 0.1) is 16.4 Å². The van der Waals surface area contributed by atoms with E-state index in [1.807, 2.05) is 0 Å². The summed E-state index contributed by atoms with van der Waals surface area (Å²) in [5.41, 5.74) is 19.4. The van der Waals surface area contributed by atoms with Crippen LogP contribution < -0.4 is 4.90 Å². The number of para-hydroxylation sites is 2. The molecule has 9 aromatic carbocycles. The van der Waals surface area contributed by atoms with Gasteiger partial charge in [0.1, 0.15) is 0 Å². The molecule has 0 radical (unpaired) electrons. The summed E-state index contributed by atoms with van der Waals surface area (Å²) in [7, 11) is 0. The molecule has 0 aliphatic heterocycles. The fourth-order valence-corrected chi connectivity index (χ4v) is 10.1. The van der Waals surface area contributed by atoms with E-state index >= 15 is 0 Å². The Bertz CT molecular complexity index is 3140. The molecule has 1 heterocycles. The molecule has 0 N–H and O–H groups in total. The summed E-state index contributed by atoms with van der Waals surface area (Å²) in [5.74, 6) is 0. The standard InChI is InChI=1S/C57H38N2/c1-2-14-39(15-3-1)26-27-40-28-30-41(31-29-40)58(42-32-34-43(35-33-42)59-55-24-12-7-19-49(55)50-20-8-13-25-56(50)59)44-36-37-48-47-18-6-11-23-53(47)57(54(48)38-44)51-21-9-4-16-45(51)46-17-5-10-22-52(46)57/h1-38H/b27-26+. The molecule has 1 spiro atoms. The van der Waals surface area contributed by atoms with E-state index in [0.29, 0.717) is 0 Å². The Morgan fingerprint density at radius 1 is 0.339 bits per heavy atom. The molecule has 2 heteroatoms. The molecule has 0 bridgehead atoms. The van der Waals surface area contributed by atoms with Gasteiger partial charge in [-0.2, -0.15) is 0 Å². The Balaban J connectivity index is 1.04. The first-order valence-corrected chi connectivity index (χ1v) is 20.4. The minimum absolute atomic E-state index is 0.423. The predicted octanol–water partition coefficient (Wildman–Crippen LogP) is 14.8. The fraction of sp³-hybridized carbons (Fsp3) is 0.0175. The molecule has 0 fully saturated rings. The van der Waals surface area contributed by atoms with Gasteiger partial charge in [-0.05, 0) is 116 Å². The van der Waals surface area contributed by atoms with Crippen molar-refractivity contribution in [2.45, 2.75) is 5.41 Å². The highest BCUT2D eigenvalue weighted by Gasteiger charge is 2.51. The first kappa shape index (κ1) is 33.5. The SMILES string of the molecule is C(=C\c1ccc(N(c2ccc(-n3c4ccccc4c4ccccc43)cc2)c2ccc3c(c2)C2(c4ccccc4-c4ccccc42)c2ccccc2-3)cc1)/c1ccccc1. The number of aromatic nitrogens is 1. The van der Waals surface area contributed by atoms with Crippen LogP contribution in [0, 0.1) is 0 Å². The first-order chi connectivity index (χ1) is 29.3. The quantitative estimate of drug-likeness (QED) is 0.154. The van der Waals surface area contributed by atoms with Crippen LogP contribution in [-0.2, 0) is 5.41 Å². The average molecular weight is 751 g/mol. The lowest BCUT2D eigenvalue weighted by molar-refractivity contribution is 0.793. The number of hydrogen-bond donors (Lipinski definition) is 0. The molecule has 0 amide bonds. The molecule has 0 atom stereocenters. The van der Waals surface area contributed by atoms with Crippen molar-refractivity contribution in [1.29, 1.82) is 0 Å². The Morgan fingerprint density at radius 3 is 1.32 bits per heavy atom. The number of benzene rings is 9. The zero-order chi connectivity index (χ0) is 38.9. The van der Waals surface area contributed by atoms with E-state index < -0.39 is 5.41 Å². The van der Waals surface area contributed by atoms with E-state index in [1.54, 1.807) is 0 Å². The van der Waals surface area contributed by atoms with Gasteiger partial charge in [0, 0.05) is 33.5 Å². The largest absolute Gasteiger partial charge is 0.310 e. The van der Waals surface area contributed by atoms with Crippen LogP contribution in [-0.4, -0.2) is 4.57 Å². The smallest absolute Gasteiger partial charge is 0.0726 e. The number of nitrogens with zero attached hydrogens (tertiary/aromatic N) is 2. The van der Waals surface area contributed by atoms with Crippen molar-refractivity contribution in [3.63, 3.8) is 0 Å².